The molecule has 0 bridgehead atoms. The Morgan fingerprint density at radius 1 is 1.35 bits per heavy atom. The molecule has 2 unspecified atom stereocenters. The van der Waals surface area contributed by atoms with E-state index in [9.17, 15) is 9.90 Å². The zero-order valence-electron chi connectivity index (χ0n) is 14.6. The number of hydrogen-bond acceptors (Lipinski definition) is 3. The van der Waals surface area contributed by atoms with Crippen molar-refractivity contribution in [1.82, 2.24) is 10.2 Å². The minimum absolute atomic E-state index is 0.0478. The number of rotatable bonds is 5. The highest BCUT2D eigenvalue weighted by molar-refractivity contribution is 5.73. The summed E-state index contributed by atoms with van der Waals surface area (Å²) in [6.07, 6.45) is 7.04. The van der Waals surface area contributed by atoms with E-state index in [0.29, 0.717) is 19.0 Å². The highest BCUT2D eigenvalue weighted by atomic mass is 16.5. The van der Waals surface area contributed by atoms with Crippen molar-refractivity contribution < 1.29 is 14.6 Å². The molecule has 0 aromatic heterocycles. The number of carbonyl (C=O) groups excluding carboxylic acids is 1. The minimum Gasteiger partial charge on any atom is -0.388 e. The fraction of sp³-hybridized carbons (Fsp3) is 0.833. The molecule has 1 aliphatic carbocycles. The van der Waals surface area contributed by atoms with Crippen LogP contribution in [0.5, 0.6) is 0 Å². The molecule has 5 nitrogen and oxygen atoms in total. The first-order valence-corrected chi connectivity index (χ1v) is 8.90. The van der Waals surface area contributed by atoms with Crippen LogP contribution in [0.4, 0.5) is 4.79 Å². The first-order valence-electron chi connectivity index (χ1n) is 8.90. The molecule has 1 heterocycles. The first kappa shape index (κ1) is 18.3. The van der Waals surface area contributed by atoms with Crippen molar-refractivity contribution >= 4 is 6.03 Å². The van der Waals surface area contributed by atoms with Crippen molar-refractivity contribution in [3.63, 3.8) is 0 Å². The van der Waals surface area contributed by atoms with Gasteiger partial charge in [-0.2, -0.15) is 0 Å². The van der Waals surface area contributed by atoms with E-state index in [1.807, 2.05) is 6.92 Å². The molecule has 1 saturated heterocycles. The maximum atomic E-state index is 12.3. The van der Waals surface area contributed by atoms with Gasteiger partial charge in [-0.3, -0.25) is 0 Å². The van der Waals surface area contributed by atoms with E-state index in [4.69, 9.17) is 4.74 Å². The first-order chi connectivity index (χ1) is 10.9. The topological polar surface area (TPSA) is 61.8 Å². The van der Waals surface area contributed by atoms with Gasteiger partial charge in [0.05, 0.1) is 18.2 Å². The molecular formula is C18H32N2O3. The van der Waals surface area contributed by atoms with Crippen molar-refractivity contribution in [3.05, 3.63) is 12.2 Å². The van der Waals surface area contributed by atoms with Gasteiger partial charge in [-0.25, -0.2) is 4.79 Å². The van der Waals surface area contributed by atoms with E-state index >= 15 is 0 Å². The third-order valence-electron chi connectivity index (χ3n) is 5.13. The largest absolute Gasteiger partial charge is 0.388 e. The lowest BCUT2D eigenvalue weighted by atomic mass is 9.94. The Kier molecular flexibility index (Phi) is 6.48. The fourth-order valence-corrected chi connectivity index (χ4v) is 3.80. The third kappa shape index (κ3) is 5.21. The van der Waals surface area contributed by atoms with Crippen LogP contribution in [0, 0.1) is 5.92 Å². The Labute approximate surface area is 140 Å². The van der Waals surface area contributed by atoms with Crippen LogP contribution in [0.2, 0.25) is 0 Å². The second-order valence-electron chi connectivity index (χ2n) is 7.37. The van der Waals surface area contributed by atoms with Crippen LogP contribution in [-0.2, 0) is 4.74 Å². The zero-order valence-corrected chi connectivity index (χ0v) is 14.6. The van der Waals surface area contributed by atoms with E-state index in [1.165, 1.54) is 12.8 Å². The van der Waals surface area contributed by atoms with Gasteiger partial charge >= 0.3 is 6.03 Å². The van der Waals surface area contributed by atoms with E-state index in [-0.39, 0.29) is 12.1 Å². The van der Waals surface area contributed by atoms with Gasteiger partial charge in [-0.05, 0) is 26.2 Å². The van der Waals surface area contributed by atoms with Crippen molar-refractivity contribution in [2.24, 2.45) is 5.92 Å². The molecule has 0 aromatic rings. The summed E-state index contributed by atoms with van der Waals surface area (Å²) in [5, 5.41) is 13.7. The van der Waals surface area contributed by atoms with E-state index in [0.717, 1.165) is 44.3 Å². The molecule has 0 spiro atoms. The van der Waals surface area contributed by atoms with Gasteiger partial charge in [0.15, 0.2) is 0 Å². The molecule has 2 atom stereocenters. The molecule has 0 aromatic carbocycles. The average molecular weight is 324 g/mol. The fourth-order valence-electron chi connectivity index (χ4n) is 3.80. The van der Waals surface area contributed by atoms with Crippen molar-refractivity contribution in [2.45, 2.75) is 63.6 Å². The maximum absolute atomic E-state index is 12.3. The normalized spacial score (nSPS) is 27.3. The Morgan fingerprint density at radius 3 is 2.61 bits per heavy atom. The molecule has 5 heteroatoms. The summed E-state index contributed by atoms with van der Waals surface area (Å²) in [5.41, 5.74) is 0.294. The van der Waals surface area contributed by atoms with E-state index in [2.05, 4.69) is 11.9 Å². The third-order valence-corrected chi connectivity index (χ3v) is 5.13. The average Bonchev–Trinajstić information content (AvgIpc) is 2.87. The summed E-state index contributed by atoms with van der Waals surface area (Å²) in [4.78, 5) is 13.9. The van der Waals surface area contributed by atoms with Gasteiger partial charge < -0.3 is 20.1 Å². The number of likely N-dealkylation sites (N-methyl/N-ethyl adjacent to an activating group) is 1. The molecule has 132 valence electrons. The highest BCUT2D eigenvalue weighted by Crippen LogP contribution is 2.28. The monoisotopic (exact) mass is 324 g/mol. The molecule has 23 heavy (non-hydrogen) atoms. The van der Waals surface area contributed by atoms with Gasteiger partial charge in [0.25, 0.3) is 0 Å². The van der Waals surface area contributed by atoms with Gasteiger partial charge in [0.1, 0.15) is 0 Å². The lowest BCUT2D eigenvalue weighted by Crippen LogP contribution is -2.48. The van der Waals surface area contributed by atoms with Crippen LogP contribution in [0.1, 0.15) is 51.9 Å². The second kappa shape index (κ2) is 8.15. The molecule has 1 saturated carbocycles. The summed E-state index contributed by atoms with van der Waals surface area (Å²) in [6, 6.07) is -0.116. The number of ether oxygens (including phenoxy) is 1. The van der Waals surface area contributed by atoms with Crippen LogP contribution < -0.4 is 5.32 Å². The van der Waals surface area contributed by atoms with Crippen LogP contribution in [-0.4, -0.2) is 54.5 Å². The number of nitrogens with one attached hydrogen (secondary N) is 1. The summed E-state index contributed by atoms with van der Waals surface area (Å²) in [7, 11) is 1.76. The number of urea groups is 1. The van der Waals surface area contributed by atoms with Crippen LogP contribution >= 0.6 is 0 Å². The summed E-state index contributed by atoms with van der Waals surface area (Å²) in [6.45, 7) is 7.67. The standard InChI is InChI=1S/C18H32N2O3/c1-14(2)16-15(8-11-23-16)12-19-17(21)20(3)13-18(22)9-6-4-5-7-10-18/h15-16,22H,1,4-13H2,2-3H3,(H,19,21). The molecule has 2 fully saturated rings. The smallest absolute Gasteiger partial charge is 0.317 e. The van der Waals surface area contributed by atoms with Crippen molar-refractivity contribution in [1.29, 1.82) is 0 Å². The lowest BCUT2D eigenvalue weighted by Gasteiger charge is -2.32. The quantitative estimate of drug-likeness (QED) is 0.604. The van der Waals surface area contributed by atoms with Crippen molar-refractivity contribution in [3.8, 4) is 0 Å². The number of aliphatic hydroxyl groups is 1. The molecule has 2 N–H and O–H groups in total. The van der Waals surface area contributed by atoms with Crippen LogP contribution in [0.3, 0.4) is 0 Å². The predicted molar refractivity (Wildman–Crippen MR) is 91.3 cm³/mol. The summed E-state index contributed by atoms with van der Waals surface area (Å²) in [5.74, 6) is 0.297. The molecule has 1 aliphatic heterocycles. The van der Waals surface area contributed by atoms with Crippen LogP contribution in [0.15, 0.2) is 12.2 Å². The number of amides is 2. The molecule has 2 rings (SSSR count). The van der Waals surface area contributed by atoms with Gasteiger partial charge in [0.2, 0.25) is 0 Å². The Balaban J connectivity index is 1.79. The number of hydrogen-bond donors (Lipinski definition) is 2. The number of nitrogens with zero attached hydrogens (tertiary/aromatic N) is 1. The molecular weight excluding hydrogens is 292 g/mol. The molecule has 2 aliphatic rings. The van der Waals surface area contributed by atoms with E-state index in [1.54, 1.807) is 11.9 Å². The Bertz CT molecular complexity index is 416. The van der Waals surface area contributed by atoms with Gasteiger partial charge in [0, 0.05) is 26.1 Å². The SMILES string of the molecule is C=C(C)C1OCCC1CNC(=O)N(C)CC1(O)CCCCCC1. The summed E-state index contributed by atoms with van der Waals surface area (Å²) < 4.78 is 5.67. The van der Waals surface area contributed by atoms with Crippen molar-refractivity contribution in [2.75, 3.05) is 26.7 Å². The zero-order chi connectivity index (χ0) is 16.9. The number of carbonyl (C=O) groups is 1. The second-order valence-corrected chi connectivity index (χ2v) is 7.37. The molecule has 2 amide bonds. The Hall–Kier alpha value is -1.07. The van der Waals surface area contributed by atoms with E-state index < -0.39 is 5.60 Å². The minimum atomic E-state index is -0.723. The molecule has 0 radical (unpaired) electrons. The maximum Gasteiger partial charge on any atom is 0.317 e. The summed E-state index contributed by atoms with van der Waals surface area (Å²) >= 11 is 0. The van der Waals surface area contributed by atoms with Gasteiger partial charge in [-0.15, -0.1) is 0 Å². The predicted octanol–water partition coefficient (Wildman–Crippen LogP) is 2.69. The van der Waals surface area contributed by atoms with Gasteiger partial charge in [-0.1, -0.05) is 37.8 Å². The lowest BCUT2D eigenvalue weighted by molar-refractivity contribution is 0.00451. The Morgan fingerprint density at radius 2 is 2.00 bits per heavy atom. The van der Waals surface area contributed by atoms with Crippen LogP contribution in [0.25, 0.3) is 0 Å². The highest BCUT2D eigenvalue weighted by Gasteiger charge is 2.32.